The molecular weight excluding hydrogens is 260 g/mol. The second-order valence-electron chi connectivity index (χ2n) is 4.30. The molecule has 1 rings (SSSR count). The van der Waals surface area contributed by atoms with E-state index >= 15 is 0 Å². The van der Waals surface area contributed by atoms with Crippen molar-refractivity contribution in [3.63, 3.8) is 0 Å². The molecule has 0 aliphatic heterocycles. The van der Waals surface area contributed by atoms with Gasteiger partial charge in [-0.2, -0.15) is 0 Å². The third-order valence-electron chi connectivity index (χ3n) is 2.86. The first kappa shape index (κ1) is 14.9. The van der Waals surface area contributed by atoms with Gasteiger partial charge in [0, 0.05) is 0 Å². The minimum absolute atomic E-state index is 0.411. The van der Waals surface area contributed by atoms with Crippen LogP contribution in [0, 0.1) is 0 Å². The van der Waals surface area contributed by atoms with E-state index in [-0.39, 0.29) is 0 Å². The van der Waals surface area contributed by atoms with Crippen LogP contribution in [0.3, 0.4) is 0 Å². The maximum Gasteiger partial charge on any atom is 0.322 e. The Kier molecular flexibility index (Phi) is 5.54. The Hall–Kier alpha value is -1.15. The normalized spacial score (nSPS) is 17.3. The van der Waals surface area contributed by atoms with Crippen LogP contribution < -0.4 is 10.0 Å². The second kappa shape index (κ2) is 6.69. The van der Waals surface area contributed by atoms with Crippen molar-refractivity contribution in [1.82, 2.24) is 10.0 Å². The molecule has 0 aromatic heterocycles. The maximum atomic E-state index is 11.8. The number of carboxylic acids is 1. The molecule has 0 radical (unpaired) electrons. The number of amides is 1. The number of sulfonamides is 1. The molecule has 7 nitrogen and oxygen atoms in total. The lowest BCUT2D eigenvalue weighted by Gasteiger charge is -2.21. The molecule has 0 atom stereocenters. The zero-order chi connectivity index (χ0) is 13.6. The number of carbonyl (C=O) groups excluding carboxylic acids is 1. The van der Waals surface area contributed by atoms with Crippen LogP contribution in [0.2, 0.25) is 0 Å². The van der Waals surface area contributed by atoms with Gasteiger partial charge in [0.2, 0.25) is 15.9 Å². The van der Waals surface area contributed by atoms with E-state index in [1.54, 1.807) is 0 Å². The summed E-state index contributed by atoms with van der Waals surface area (Å²) in [5.74, 6) is -1.81. The van der Waals surface area contributed by atoms with Gasteiger partial charge in [-0.3, -0.25) is 9.59 Å². The SMILES string of the molecule is O=C(O)CNC(=O)CNS(=O)(=O)C1CCCCC1. The fourth-order valence-electron chi connectivity index (χ4n) is 1.90. The molecule has 1 fully saturated rings. The molecule has 1 saturated carbocycles. The van der Waals surface area contributed by atoms with Gasteiger partial charge in [-0.1, -0.05) is 19.3 Å². The predicted molar refractivity (Wildman–Crippen MR) is 64.4 cm³/mol. The van der Waals surface area contributed by atoms with Gasteiger partial charge in [-0.15, -0.1) is 0 Å². The minimum atomic E-state index is -3.48. The van der Waals surface area contributed by atoms with Crippen molar-refractivity contribution in [2.45, 2.75) is 37.4 Å². The van der Waals surface area contributed by atoms with E-state index in [0.29, 0.717) is 12.8 Å². The molecule has 1 aliphatic rings. The van der Waals surface area contributed by atoms with Gasteiger partial charge in [0.15, 0.2) is 0 Å². The van der Waals surface area contributed by atoms with Crippen LogP contribution in [0.15, 0.2) is 0 Å². The summed E-state index contributed by atoms with van der Waals surface area (Å²) in [5, 5.41) is 10.0. The van der Waals surface area contributed by atoms with E-state index in [1.165, 1.54) is 0 Å². The van der Waals surface area contributed by atoms with Gasteiger partial charge in [0.25, 0.3) is 0 Å². The minimum Gasteiger partial charge on any atom is -0.480 e. The summed E-state index contributed by atoms with van der Waals surface area (Å²) in [6, 6.07) is 0. The van der Waals surface area contributed by atoms with Crippen molar-refractivity contribution >= 4 is 21.9 Å². The van der Waals surface area contributed by atoms with Crippen molar-refractivity contribution in [1.29, 1.82) is 0 Å². The van der Waals surface area contributed by atoms with Crippen LogP contribution >= 0.6 is 0 Å². The highest BCUT2D eigenvalue weighted by Crippen LogP contribution is 2.22. The summed E-state index contributed by atoms with van der Waals surface area (Å²) in [6.07, 6.45) is 4.05. The largest absolute Gasteiger partial charge is 0.480 e. The summed E-state index contributed by atoms with van der Waals surface area (Å²) in [4.78, 5) is 21.4. The molecule has 0 bridgehead atoms. The first-order chi connectivity index (χ1) is 8.42. The summed E-state index contributed by atoms with van der Waals surface area (Å²) in [5.41, 5.74) is 0. The van der Waals surface area contributed by atoms with Crippen molar-refractivity contribution < 1.29 is 23.1 Å². The number of carbonyl (C=O) groups is 2. The Balaban J connectivity index is 2.36. The molecule has 0 heterocycles. The van der Waals surface area contributed by atoms with Crippen LogP contribution in [0.5, 0.6) is 0 Å². The molecule has 18 heavy (non-hydrogen) atoms. The van der Waals surface area contributed by atoms with E-state index < -0.39 is 40.2 Å². The lowest BCUT2D eigenvalue weighted by Crippen LogP contribution is -2.42. The van der Waals surface area contributed by atoms with Gasteiger partial charge >= 0.3 is 5.97 Å². The molecule has 104 valence electrons. The molecule has 3 N–H and O–H groups in total. The molecule has 0 aromatic carbocycles. The summed E-state index contributed by atoms with van der Waals surface area (Å²) >= 11 is 0. The first-order valence-electron chi connectivity index (χ1n) is 5.89. The average Bonchev–Trinajstić information content (AvgIpc) is 2.35. The summed E-state index contributed by atoms with van der Waals surface area (Å²) in [6.45, 7) is -0.921. The zero-order valence-corrected chi connectivity index (χ0v) is 10.8. The summed E-state index contributed by atoms with van der Waals surface area (Å²) in [7, 11) is -3.48. The third kappa shape index (κ3) is 5.01. The van der Waals surface area contributed by atoms with Crippen LogP contribution in [0.1, 0.15) is 32.1 Å². The van der Waals surface area contributed by atoms with E-state index in [2.05, 4.69) is 10.0 Å². The Labute approximate surface area is 106 Å². The molecule has 0 unspecified atom stereocenters. The number of hydrogen-bond donors (Lipinski definition) is 3. The fraction of sp³-hybridized carbons (Fsp3) is 0.800. The van der Waals surface area contributed by atoms with Crippen molar-refractivity contribution in [3.8, 4) is 0 Å². The Morgan fingerprint density at radius 2 is 1.72 bits per heavy atom. The van der Waals surface area contributed by atoms with Crippen molar-refractivity contribution in [2.24, 2.45) is 0 Å². The monoisotopic (exact) mass is 278 g/mol. The molecule has 0 aromatic rings. The highest BCUT2D eigenvalue weighted by molar-refractivity contribution is 7.90. The number of rotatable bonds is 6. The smallest absolute Gasteiger partial charge is 0.322 e. The van der Waals surface area contributed by atoms with Crippen LogP contribution in [0.25, 0.3) is 0 Å². The van der Waals surface area contributed by atoms with E-state index in [4.69, 9.17) is 5.11 Å². The quantitative estimate of drug-likeness (QED) is 0.603. The lowest BCUT2D eigenvalue weighted by molar-refractivity contribution is -0.137. The fourth-order valence-corrected chi connectivity index (χ4v) is 3.42. The number of hydrogen-bond acceptors (Lipinski definition) is 4. The predicted octanol–water partition coefficient (Wildman–Crippen LogP) is -0.561. The van der Waals surface area contributed by atoms with Crippen LogP contribution in [0.4, 0.5) is 0 Å². The van der Waals surface area contributed by atoms with Crippen LogP contribution in [-0.2, 0) is 19.6 Å². The molecule has 1 aliphatic carbocycles. The Bertz CT molecular complexity index is 400. The number of nitrogens with one attached hydrogen (secondary N) is 2. The molecule has 0 spiro atoms. The molecular formula is C10H18N2O5S. The highest BCUT2D eigenvalue weighted by Gasteiger charge is 2.27. The van der Waals surface area contributed by atoms with E-state index in [0.717, 1.165) is 19.3 Å². The first-order valence-corrected chi connectivity index (χ1v) is 7.43. The average molecular weight is 278 g/mol. The van der Waals surface area contributed by atoms with Gasteiger partial charge in [0.1, 0.15) is 6.54 Å². The van der Waals surface area contributed by atoms with Gasteiger partial charge in [0.05, 0.1) is 11.8 Å². The zero-order valence-electron chi connectivity index (χ0n) is 10.0. The Morgan fingerprint density at radius 3 is 2.28 bits per heavy atom. The molecule has 0 saturated heterocycles. The number of carboxylic acid groups (broad SMARTS) is 1. The van der Waals surface area contributed by atoms with Gasteiger partial charge < -0.3 is 10.4 Å². The van der Waals surface area contributed by atoms with Gasteiger partial charge in [-0.05, 0) is 12.8 Å². The lowest BCUT2D eigenvalue weighted by atomic mass is 10.0. The summed E-state index contributed by atoms with van der Waals surface area (Å²) < 4.78 is 25.9. The second-order valence-corrected chi connectivity index (χ2v) is 6.34. The Morgan fingerprint density at radius 1 is 1.11 bits per heavy atom. The van der Waals surface area contributed by atoms with Crippen molar-refractivity contribution in [3.05, 3.63) is 0 Å². The molecule has 8 heteroatoms. The van der Waals surface area contributed by atoms with E-state index in [9.17, 15) is 18.0 Å². The number of aliphatic carboxylic acids is 1. The van der Waals surface area contributed by atoms with E-state index in [1.807, 2.05) is 0 Å². The molecule has 1 amide bonds. The topological polar surface area (TPSA) is 113 Å². The van der Waals surface area contributed by atoms with Gasteiger partial charge in [-0.25, -0.2) is 13.1 Å². The van der Waals surface area contributed by atoms with Crippen molar-refractivity contribution in [2.75, 3.05) is 13.1 Å². The standard InChI is InChI=1S/C10H18N2O5S/c13-9(11-7-10(14)15)6-12-18(16,17)8-4-2-1-3-5-8/h8,12H,1-7H2,(H,11,13)(H,14,15). The van der Waals surface area contributed by atoms with Crippen LogP contribution in [-0.4, -0.2) is 43.7 Å². The third-order valence-corrected chi connectivity index (χ3v) is 4.76. The maximum absolute atomic E-state index is 11.8. The highest BCUT2D eigenvalue weighted by atomic mass is 32.2.